The van der Waals surface area contributed by atoms with Gasteiger partial charge in [-0.2, -0.15) is 0 Å². The number of hydrogen-bond donors (Lipinski definition) is 3. The zero-order chi connectivity index (χ0) is 15.8. The molecule has 0 spiro atoms. The summed E-state index contributed by atoms with van der Waals surface area (Å²) in [4.78, 5) is 27.3. The van der Waals surface area contributed by atoms with Gasteiger partial charge in [-0.05, 0) is 6.92 Å². The maximum atomic E-state index is 12.2. The maximum Gasteiger partial charge on any atom is 0.362 e. The molecular formula is C12H16N2O7. The van der Waals surface area contributed by atoms with E-state index in [1.54, 1.807) is 0 Å². The van der Waals surface area contributed by atoms with Crippen LogP contribution in [-0.2, 0) is 9.47 Å². The van der Waals surface area contributed by atoms with E-state index in [9.17, 15) is 19.8 Å². The first-order valence-electron chi connectivity index (χ1n) is 6.16. The van der Waals surface area contributed by atoms with Crippen LogP contribution in [0.25, 0.3) is 0 Å². The van der Waals surface area contributed by atoms with Crippen LogP contribution < -0.4 is 5.56 Å². The number of carbonyl (C=O) groups is 1. The molecule has 0 saturated carbocycles. The summed E-state index contributed by atoms with van der Waals surface area (Å²) in [7, 11) is 1.11. The molecule has 1 aromatic heterocycles. The van der Waals surface area contributed by atoms with E-state index in [-0.39, 0.29) is 0 Å². The fourth-order valence-corrected chi connectivity index (χ4v) is 2.24. The van der Waals surface area contributed by atoms with Crippen LogP contribution >= 0.6 is 0 Å². The van der Waals surface area contributed by atoms with Crippen molar-refractivity contribution >= 4 is 5.97 Å². The number of aromatic nitrogens is 2. The van der Waals surface area contributed by atoms with Gasteiger partial charge in [0.25, 0.3) is 5.56 Å². The predicted octanol–water partition coefficient (Wildman–Crippen LogP) is -1.97. The average molecular weight is 300 g/mol. The molecule has 1 aliphatic heterocycles. The highest BCUT2D eigenvalue weighted by Crippen LogP contribution is 2.37. The quantitative estimate of drug-likeness (QED) is 0.548. The Hall–Kier alpha value is -1.81. The second kappa shape index (κ2) is 5.53. The van der Waals surface area contributed by atoms with Crippen LogP contribution in [0.1, 0.15) is 23.6 Å². The Labute approximate surface area is 119 Å². The minimum atomic E-state index is -1.83. The molecule has 21 heavy (non-hydrogen) atoms. The first-order valence-corrected chi connectivity index (χ1v) is 6.16. The van der Waals surface area contributed by atoms with E-state index in [0.717, 1.165) is 11.7 Å². The molecule has 0 aromatic carbocycles. The third-order valence-corrected chi connectivity index (χ3v) is 3.43. The topological polar surface area (TPSA) is 131 Å². The summed E-state index contributed by atoms with van der Waals surface area (Å²) in [6.07, 6.45) is -1.34. The van der Waals surface area contributed by atoms with Gasteiger partial charge in [0.15, 0.2) is 6.23 Å². The van der Waals surface area contributed by atoms with Gasteiger partial charge in [-0.3, -0.25) is 9.36 Å². The number of aliphatic hydroxyl groups excluding tert-OH is 2. The van der Waals surface area contributed by atoms with Crippen molar-refractivity contribution in [3.8, 4) is 0 Å². The van der Waals surface area contributed by atoms with E-state index in [1.807, 2.05) is 0 Å². The summed E-state index contributed by atoms with van der Waals surface area (Å²) in [5.41, 5.74) is -3.13. The van der Waals surface area contributed by atoms with Gasteiger partial charge < -0.3 is 24.8 Å². The Morgan fingerprint density at radius 1 is 1.62 bits per heavy atom. The number of methoxy groups -OCH3 is 1. The van der Waals surface area contributed by atoms with Crippen LogP contribution in [0.4, 0.5) is 0 Å². The van der Waals surface area contributed by atoms with Gasteiger partial charge in [0.2, 0.25) is 5.69 Å². The Morgan fingerprint density at radius 2 is 2.29 bits per heavy atom. The number of rotatable bonds is 3. The molecule has 1 aliphatic rings. The molecule has 116 valence electrons. The van der Waals surface area contributed by atoms with Gasteiger partial charge in [-0.1, -0.05) is 0 Å². The summed E-state index contributed by atoms with van der Waals surface area (Å²) >= 11 is 0. The highest BCUT2D eigenvalue weighted by atomic mass is 16.6. The largest absolute Gasteiger partial charge is 0.464 e. The molecule has 2 heterocycles. The van der Waals surface area contributed by atoms with Gasteiger partial charge in [-0.25, -0.2) is 9.78 Å². The number of aliphatic hydroxyl groups is 3. The highest BCUT2D eigenvalue weighted by Gasteiger charge is 2.53. The Morgan fingerprint density at radius 3 is 2.81 bits per heavy atom. The zero-order valence-electron chi connectivity index (χ0n) is 11.5. The molecule has 0 radical (unpaired) electrons. The summed E-state index contributed by atoms with van der Waals surface area (Å²) in [6.45, 7) is 0.736. The van der Waals surface area contributed by atoms with Gasteiger partial charge >= 0.3 is 5.97 Å². The summed E-state index contributed by atoms with van der Waals surface area (Å²) in [5.74, 6) is -0.925. The Balaban J connectivity index is 2.48. The van der Waals surface area contributed by atoms with Crippen molar-refractivity contribution in [3.05, 3.63) is 28.4 Å². The Kier molecular flexibility index (Phi) is 4.10. The van der Waals surface area contributed by atoms with Crippen LogP contribution in [0.15, 0.2) is 17.2 Å². The third-order valence-electron chi connectivity index (χ3n) is 3.43. The van der Waals surface area contributed by atoms with Crippen molar-refractivity contribution in [1.29, 1.82) is 0 Å². The minimum absolute atomic E-state index is 0.471. The number of nitrogens with zero attached hydrogens (tertiary/aromatic N) is 2. The average Bonchev–Trinajstić information content (AvgIpc) is 2.69. The second-order valence-corrected chi connectivity index (χ2v) is 4.86. The van der Waals surface area contributed by atoms with Crippen molar-refractivity contribution < 1.29 is 29.6 Å². The van der Waals surface area contributed by atoms with Crippen molar-refractivity contribution in [2.75, 3.05) is 13.7 Å². The normalized spacial score (nSPS) is 32.1. The van der Waals surface area contributed by atoms with Crippen molar-refractivity contribution in [3.63, 3.8) is 0 Å². The lowest BCUT2D eigenvalue weighted by atomic mass is 9.96. The van der Waals surface area contributed by atoms with E-state index in [0.29, 0.717) is 0 Å². The third kappa shape index (κ3) is 2.44. The molecule has 9 heteroatoms. The molecular weight excluding hydrogens is 284 g/mol. The summed E-state index contributed by atoms with van der Waals surface area (Å²) in [6, 6.07) is 0. The predicted molar refractivity (Wildman–Crippen MR) is 67.5 cm³/mol. The number of ether oxygens (including phenoxy) is 2. The van der Waals surface area contributed by atoms with Gasteiger partial charge in [-0.15, -0.1) is 0 Å². The zero-order valence-corrected chi connectivity index (χ0v) is 11.5. The smallest absolute Gasteiger partial charge is 0.362 e. The molecule has 1 aromatic rings. The molecule has 1 fully saturated rings. The fourth-order valence-electron chi connectivity index (χ4n) is 2.24. The molecule has 0 amide bonds. The van der Waals surface area contributed by atoms with Crippen LogP contribution in [0.2, 0.25) is 0 Å². The lowest BCUT2D eigenvalue weighted by molar-refractivity contribution is -0.0983. The molecule has 1 saturated heterocycles. The lowest BCUT2D eigenvalue weighted by Gasteiger charge is -2.27. The first-order chi connectivity index (χ1) is 9.84. The molecule has 0 aliphatic carbocycles. The molecule has 2 rings (SSSR count). The SMILES string of the molecule is COC(=O)c1nccn([C@@H]2O[C@H](CO)[C@@H](O)[C@@]2(C)O)c1=O. The lowest BCUT2D eigenvalue weighted by Crippen LogP contribution is -2.46. The standard InChI is InChI=1S/C12H16N2O7/c1-12(19)8(16)6(5-15)21-11(12)14-4-3-13-7(9(14)17)10(18)20-2/h3-4,6,8,11,15-16,19H,5H2,1-2H3/t6-,8-,11-,12-/m1/s1. The molecule has 0 unspecified atom stereocenters. The van der Waals surface area contributed by atoms with Crippen molar-refractivity contribution in [1.82, 2.24) is 9.55 Å². The van der Waals surface area contributed by atoms with E-state index >= 15 is 0 Å². The number of hydrogen-bond acceptors (Lipinski definition) is 8. The van der Waals surface area contributed by atoms with Gasteiger partial charge in [0, 0.05) is 12.4 Å². The van der Waals surface area contributed by atoms with Crippen molar-refractivity contribution in [2.45, 2.75) is 31.0 Å². The van der Waals surface area contributed by atoms with Crippen LogP contribution in [0, 0.1) is 0 Å². The van der Waals surface area contributed by atoms with Crippen LogP contribution in [0.5, 0.6) is 0 Å². The van der Waals surface area contributed by atoms with Crippen LogP contribution in [0.3, 0.4) is 0 Å². The maximum absolute atomic E-state index is 12.2. The number of carbonyl (C=O) groups excluding carboxylic acids is 1. The summed E-state index contributed by atoms with van der Waals surface area (Å²) in [5, 5.41) is 29.3. The fraction of sp³-hybridized carbons (Fsp3) is 0.583. The number of esters is 1. The molecule has 3 N–H and O–H groups in total. The highest BCUT2D eigenvalue weighted by molar-refractivity contribution is 5.86. The van der Waals surface area contributed by atoms with Gasteiger partial charge in [0.1, 0.15) is 17.8 Å². The summed E-state index contributed by atoms with van der Waals surface area (Å²) < 4.78 is 10.7. The van der Waals surface area contributed by atoms with E-state index < -0.39 is 47.9 Å². The van der Waals surface area contributed by atoms with E-state index in [4.69, 9.17) is 9.84 Å². The van der Waals surface area contributed by atoms with Gasteiger partial charge in [0.05, 0.1) is 13.7 Å². The minimum Gasteiger partial charge on any atom is -0.464 e. The second-order valence-electron chi connectivity index (χ2n) is 4.86. The van der Waals surface area contributed by atoms with Crippen molar-refractivity contribution in [2.24, 2.45) is 0 Å². The first kappa shape index (κ1) is 15.6. The molecule has 0 bridgehead atoms. The van der Waals surface area contributed by atoms with Crippen LogP contribution in [-0.4, -0.2) is 62.4 Å². The van der Waals surface area contributed by atoms with E-state index in [1.165, 1.54) is 19.3 Å². The molecule has 9 nitrogen and oxygen atoms in total. The van der Waals surface area contributed by atoms with E-state index in [2.05, 4.69) is 9.72 Å². The Bertz CT molecular complexity index is 598. The monoisotopic (exact) mass is 300 g/mol. The molecule has 4 atom stereocenters.